The normalized spacial score (nSPS) is 10.7. The average Bonchev–Trinajstić information content (AvgIpc) is 3.14. The molecule has 0 bridgehead atoms. The Balaban J connectivity index is 1.67. The van der Waals surface area contributed by atoms with Gasteiger partial charge in [-0.15, -0.1) is 0 Å². The summed E-state index contributed by atoms with van der Waals surface area (Å²) in [6.45, 7) is 7.88. The van der Waals surface area contributed by atoms with Crippen molar-refractivity contribution in [3.63, 3.8) is 0 Å². The predicted octanol–water partition coefficient (Wildman–Crippen LogP) is 4.37. The van der Waals surface area contributed by atoms with E-state index in [0.29, 0.717) is 18.7 Å². The Bertz CT molecular complexity index is 962. The molecule has 0 unspecified atom stereocenters. The van der Waals surface area contributed by atoms with Gasteiger partial charge in [0.1, 0.15) is 12.4 Å². The van der Waals surface area contributed by atoms with E-state index in [1.165, 1.54) is 5.56 Å². The van der Waals surface area contributed by atoms with Gasteiger partial charge in [-0.05, 0) is 56.2 Å². The molecule has 0 saturated carbocycles. The Morgan fingerprint density at radius 3 is 2.71 bits per heavy atom. The van der Waals surface area contributed by atoms with Crippen LogP contribution >= 0.6 is 0 Å². The number of carbonyl (C=O) groups excluding carboxylic acids is 1. The summed E-state index contributed by atoms with van der Waals surface area (Å²) in [5.74, 6) is 0.851. The Morgan fingerprint density at radius 1 is 1.14 bits per heavy atom. The van der Waals surface area contributed by atoms with Gasteiger partial charge >= 0.3 is 0 Å². The molecule has 1 aromatic heterocycles. The van der Waals surface area contributed by atoms with Gasteiger partial charge in [0.25, 0.3) is 5.91 Å². The summed E-state index contributed by atoms with van der Waals surface area (Å²) in [6, 6.07) is 15.7. The molecule has 146 valence electrons. The number of hydrogen-bond acceptors (Lipinski definition) is 3. The molecule has 28 heavy (non-hydrogen) atoms. The summed E-state index contributed by atoms with van der Waals surface area (Å²) in [5, 5.41) is 4.26. The van der Waals surface area contributed by atoms with E-state index in [1.807, 2.05) is 68.0 Å². The maximum absolute atomic E-state index is 12.8. The van der Waals surface area contributed by atoms with Gasteiger partial charge in [-0.2, -0.15) is 5.10 Å². The summed E-state index contributed by atoms with van der Waals surface area (Å²) >= 11 is 0. The molecular weight excluding hydrogens is 350 g/mol. The predicted molar refractivity (Wildman–Crippen MR) is 110 cm³/mol. The number of rotatable bonds is 7. The topological polar surface area (TPSA) is 47.4 Å². The van der Waals surface area contributed by atoms with Crippen molar-refractivity contribution in [1.82, 2.24) is 14.7 Å². The summed E-state index contributed by atoms with van der Waals surface area (Å²) in [4.78, 5) is 14.6. The summed E-state index contributed by atoms with van der Waals surface area (Å²) in [5.41, 5.74) is 4.97. The molecule has 0 aliphatic carbocycles. The van der Waals surface area contributed by atoms with Crippen LogP contribution in [0.25, 0.3) is 0 Å². The summed E-state index contributed by atoms with van der Waals surface area (Å²) < 4.78 is 7.85. The molecule has 1 heterocycles. The van der Waals surface area contributed by atoms with Crippen molar-refractivity contribution in [2.24, 2.45) is 0 Å². The number of carbonyl (C=O) groups is 1. The molecule has 0 aliphatic rings. The minimum atomic E-state index is -0.0165. The van der Waals surface area contributed by atoms with Crippen LogP contribution in [0.5, 0.6) is 5.75 Å². The molecule has 5 heteroatoms. The molecule has 0 radical (unpaired) electrons. The van der Waals surface area contributed by atoms with E-state index in [0.717, 1.165) is 29.1 Å². The van der Waals surface area contributed by atoms with Crippen LogP contribution < -0.4 is 4.74 Å². The average molecular weight is 377 g/mol. The highest BCUT2D eigenvalue weighted by Crippen LogP contribution is 2.20. The monoisotopic (exact) mass is 377 g/mol. The molecule has 0 fully saturated rings. The first kappa shape index (κ1) is 19.7. The Kier molecular flexibility index (Phi) is 6.14. The molecule has 0 saturated heterocycles. The lowest BCUT2D eigenvalue weighted by Gasteiger charge is -2.18. The van der Waals surface area contributed by atoms with E-state index < -0.39 is 0 Å². The van der Waals surface area contributed by atoms with Crippen molar-refractivity contribution in [1.29, 1.82) is 0 Å². The first-order valence-corrected chi connectivity index (χ1v) is 9.53. The van der Waals surface area contributed by atoms with Crippen LogP contribution in [0.1, 0.15) is 39.7 Å². The van der Waals surface area contributed by atoms with Crippen LogP contribution in [0, 0.1) is 13.8 Å². The van der Waals surface area contributed by atoms with Gasteiger partial charge in [-0.1, -0.05) is 29.8 Å². The second-order valence-electron chi connectivity index (χ2n) is 7.06. The highest BCUT2D eigenvalue weighted by molar-refractivity contribution is 5.94. The Morgan fingerprint density at radius 2 is 1.96 bits per heavy atom. The molecule has 0 aliphatic heterocycles. The van der Waals surface area contributed by atoms with E-state index >= 15 is 0 Å². The van der Waals surface area contributed by atoms with Crippen LogP contribution in [0.3, 0.4) is 0 Å². The van der Waals surface area contributed by atoms with Gasteiger partial charge < -0.3 is 9.64 Å². The fourth-order valence-corrected chi connectivity index (χ4v) is 3.23. The Hall–Kier alpha value is -3.08. The SMILES string of the molecule is CCn1nccc1CN(C)C(=O)c1cccc(COc2ccc(C)cc2C)c1. The van der Waals surface area contributed by atoms with Crippen molar-refractivity contribution < 1.29 is 9.53 Å². The van der Waals surface area contributed by atoms with Crippen molar-refractivity contribution in [2.45, 2.75) is 40.5 Å². The van der Waals surface area contributed by atoms with Gasteiger partial charge in [-0.3, -0.25) is 9.48 Å². The van der Waals surface area contributed by atoms with Gasteiger partial charge in [-0.25, -0.2) is 0 Å². The number of hydrogen-bond donors (Lipinski definition) is 0. The highest BCUT2D eigenvalue weighted by Gasteiger charge is 2.14. The van der Waals surface area contributed by atoms with Gasteiger partial charge in [0.05, 0.1) is 12.2 Å². The number of amides is 1. The zero-order valence-electron chi connectivity index (χ0n) is 17.0. The number of ether oxygens (including phenoxy) is 1. The third-order valence-electron chi connectivity index (χ3n) is 4.75. The fraction of sp³-hybridized carbons (Fsp3) is 0.304. The highest BCUT2D eigenvalue weighted by atomic mass is 16.5. The number of nitrogens with zero attached hydrogens (tertiary/aromatic N) is 3. The van der Waals surface area contributed by atoms with E-state index in [1.54, 1.807) is 11.1 Å². The molecule has 0 atom stereocenters. The smallest absolute Gasteiger partial charge is 0.253 e. The molecule has 5 nitrogen and oxygen atoms in total. The quantitative estimate of drug-likeness (QED) is 0.614. The van der Waals surface area contributed by atoms with Gasteiger partial charge in [0.2, 0.25) is 0 Å². The number of aryl methyl sites for hydroxylation is 3. The minimum Gasteiger partial charge on any atom is -0.489 e. The maximum atomic E-state index is 12.8. The van der Waals surface area contributed by atoms with Crippen LogP contribution in [-0.4, -0.2) is 27.6 Å². The van der Waals surface area contributed by atoms with Crippen molar-refractivity contribution in [3.8, 4) is 5.75 Å². The van der Waals surface area contributed by atoms with Crippen molar-refractivity contribution in [2.75, 3.05) is 7.05 Å². The molecule has 1 amide bonds. The summed E-state index contributed by atoms with van der Waals surface area (Å²) in [7, 11) is 1.81. The zero-order chi connectivity index (χ0) is 20.1. The zero-order valence-corrected chi connectivity index (χ0v) is 17.0. The number of aromatic nitrogens is 2. The first-order chi connectivity index (χ1) is 13.5. The lowest BCUT2D eigenvalue weighted by atomic mass is 10.1. The maximum Gasteiger partial charge on any atom is 0.253 e. The molecule has 0 N–H and O–H groups in total. The second kappa shape index (κ2) is 8.74. The fourth-order valence-electron chi connectivity index (χ4n) is 3.23. The molecule has 0 spiro atoms. The third kappa shape index (κ3) is 4.60. The minimum absolute atomic E-state index is 0.0165. The van der Waals surface area contributed by atoms with Crippen molar-refractivity contribution in [3.05, 3.63) is 82.7 Å². The standard InChI is InChI=1S/C23H27N3O2/c1-5-26-21(11-12-24-26)15-25(4)23(27)20-8-6-7-19(14-20)16-28-22-10-9-17(2)13-18(22)3/h6-14H,5,15-16H2,1-4H3. The van der Waals surface area contributed by atoms with Crippen LogP contribution in [-0.2, 0) is 19.7 Å². The van der Waals surface area contributed by atoms with E-state index in [-0.39, 0.29) is 5.91 Å². The lowest BCUT2D eigenvalue weighted by Crippen LogP contribution is -2.27. The molecular formula is C23H27N3O2. The van der Waals surface area contributed by atoms with E-state index in [9.17, 15) is 4.79 Å². The third-order valence-corrected chi connectivity index (χ3v) is 4.75. The molecule has 2 aromatic carbocycles. The van der Waals surface area contributed by atoms with Crippen LogP contribution in [0.2, 0.25) is 0 Å². The molecule has 3 rings (SSSR count). The van der Waals surface area contributed by atoms with E-state index in [4.69, 9.17) is 4.74 Å². The summed E-state index contributed by atoms with van der Waals surface area (Å²) in [6.07, 6.45) is 1.77. The lowest BCUT2D eigenvalue weighted by molar-refractivity contribution is 0.0781. The Labute approximate surface area is 166 Å². The largest absolute Gasteiger partial charge is 0.489 e. The van der Waals surface area contributed by atoms with E-state index in [2.05, 4.69) is 18.1 Å². The first-order valence-electron chi connectivity index (χ1n) is 9.53. The number of benzene rings is 2. The van der Waals surface area contributed by atoms with Crippen molar-refractivity contribution >= 4 is 5.91 Å². The van der Waals surface area contributed by atoms with Crippen LogP contribution in [0.4, 0.5) is 0 Å². The van der Waals surface area contributed by atoms with Gasteiger partial charge in [0, 0.05) is 25.4 Å². The molecule has 3 aromatic rings. The van der Waals surface area contributed by atoms with Crippen LogP contribution in [0.15, 0.2) is 54.7 Å². The van der Waals surface area contributed by atoms with Gasteiger partial charge in [0.15, 0.2) is 0 Å². The second-order valence-corrected chi connectivity index (χ2v) is 7.06.